The zero-order valence-electron chi connectivity index (χ0n) is 64.1. The first-order valence-electron chi connectivity index (χ1n) is 40.1. The van der Waals surface area contributed by atoms with Crippen molar-refractivity contribution in [3.63, 3.8) is 0 Å². The predicted octanol–water partition coefficient (Wildman–Crippen LogP) is -10.3. The van der Waals surface area contributed by atoms with Crippen LogP contribution in [0.1, 0.15) is 103 Å². The molecular formula is C75H115O43+. The molecule has 5 aliphatic carbocycles. The minimum Gasteiger partial charge on any atom is -0.481 e. The summed E-state index contributed by atoms with van der Waals surface area (Å²) in [6, 6.07) is 0. The van der Waals surface area contributed by atoms with Crippen LogP contribution in [-0.4, -0.2) is 418 Å². The molecule has 6 saturated heterocycles. The van der Waals surface area contributed by atoms with Crippen LogP contribution in [0.25, 0.3) is 0 Å². The highest BCUT2D eigenvalue weighted by molar-refractivity contribution is 5.90. The molecule has 11 fully saturated rings. The Morgan fingerprint density at radius 2 is 0.695 bits per heavy atom. The van der Waals surface area contributed by atoms with E-state index < -0.39 is 320 Å². The van der Waals surface area contributed by atoms with Crippen LogP contribution in [0.4, 0.5) is 0 Å². The van der Waals surface area contributed by atoms with Crippen LogP contribution in [-0.2, 0) is 90.3 Å². The van der Waals surface area contributed by atoms with E-state index in [1.165, 1.54) is 18.2 Å². The molecule has 0 aromatic rings. The van der Waals surface area contributed by atoms with Gasteiger partial charge in [0.1, 0.15) is 161 Å². The molecule has 0 amide bonds. The van der Waals surface area contributed by atoms with Crippen molar-refractivity contribution in [2.45, 2.75) is 336 Å². The summed E-state index contributed by atoms with van der Waals surface area (Å²) in [7, 11) is 0. The summed E-state index contributed by atoms with van der Waals surface area (Å²) in [5.41, 5.74) is 0. The molecular weight excluding hydrogens is 1590 g/mol. The van der Waals surface area contributed by atoms with Gasteiger partial charge in [0.25, 0.3) is 0 Å². The van der Waals surface area contributed by atoms with Gasteiger partial charge in [-0.3, -0.25) is 9.59 Å². The number of rotatable bonds is 28. The van der Waals surface area contributed by atoms with Crippen LogP contribution in [0.15, 0.2) is 36.5 Å². The monoisotopic (exact) mass is 1700 g/mol. The normalized spacial score (nSPS) is 47.3. The number of aliphatic hydroxyl groups excluding tert-OH is 22. The van der Waals surface area contributed by atoms with Crippen LogP contribution < -0.4 is 0 Å². The van der Waals surface area contributed by atoms with Gasteiger partial charge in [0.15, 0.2) is 43.7 Å². The second-order valence-electron chi connectivity index (χ2n) is 32.7. The van der Waals surface area contributed by atoms with Gasteiger partial charge < -0.3 is 189 Å². The fourth-order valence-electron chi connectivity index (χ4n) is 17.4. The fraction of sp³-hybridized carbons (Fsp3) is 0.853. The van der Waals surface area contributed by atoms with Crippen molar-refractivity contribution in [1.82, 2.24) is 0 Å². The Morgan fingerprint density at radius 3 is 1.10 bits per heavy atom. The number of allylic oxidation sites excluding steroid dienone is 3. The van der Waals surface area contributed by atoms with Crippen LogP contribution in [0.2, 0.25) is 0 Å². The number of carbonyl (C=O) groups is 5. The van der Waals surface area contributed by atoms with Crippen LogP contribution >= 0.6 is 0 Å². The highest BCUT2D eigenvalue weighted by atomic mass is 16.8. The third-order valence-electron chi connectivity index (χ3n) is 24.4. The summed E-state index contributed by atoms with van der Waals surface area (Å²) in [5.74, 6) is -8.09. The summed E-state index contributed by atoms with van der Waals surface area (Å²) < 4.78 is 85.5. The van der Waals surface area contributed by atoms with Crippen molar-refractivity contribution < 1.29 is 212 Å². The van der Waals surface area contributed by atoms with E-state index in [2.05, 4.69) is 0 Å². The largest absolute Gasteiger partial charge is 0.481 e. The molecule has 0 spiro atoms. The highest BCUT2D eigenvalue weighted by Crippen LogP contribution is 2.45. The number of ether oxygens (including phenoxy) is 15. The Bertz CT molecular complexity index is 3320. The average Bonchev–Trinajstić information content (AvgIpc) is 0.763. The van der Waals surface area contributed by atoms with Crippen molar-refractivity contribution in [2.75, 3.05) is 33.0 Å². The summed E-state index contributed by atoms with van der Waals surface area (Å²) in [4.78, 5) is 62.4. The second-order valence-corrected chi connectivity index (χ2v) is 32.7. The van der Waals surface area contributed by atoms with E-state index in [0.717, 1.165) is 18.2 Å². The molecule has 0 bridgehead atoms. The Morgan fingerprint density at radius 1 is 0.331 bits per heavy atom. The maximum absolute atomic E-state index is 13.3. The first kappa shape index (κ1) is 93.9. The van der Waals surface area contributed by atoms with Crippen molar-refractivity contribution in [3.8, 4) is 0 Å². The van der Waals surface area contributed by atoms with E-state index in [-0.39, 0.29) is 88.9 Å². The maximum Gasteiger partial charge on any atom is 0.330 e. The molecule has 43 atom stereocenters. The van der Waals surface area contributed by atoms with E-state index in [1.807, 2.05) is 0 Å². The third kappa shape index (κ3) is 23.4. The summed E-state index contributed by atoms with van der Waals surface area (Å²) in [6.45, 7) is -3.48. The van der Waals surface area contributed by atoms with Crippen molar-refractivity contribution >= 4 is 29.8 Å². The number of aliphatic hydroxyl groups is 24. The number of hydrogen-bond donors (Lipinski definition) is 23. The number of carboxylic acid groups (broad SMARTS) is 1. The molecule has 43 unspecified atom stereocenters. The summed E-state index contributed by atoms with van der Waals surface area (Å²) >= 11 is 0. The van der Waals surface area contributed by atoms with Gasteiger partial charge in [-0.1, -0.05) is 18.2 Å². The molecule has 24 N–H and O–H groups in total. The Labute approximate surface area is 674 Å². The quantitative estimate of drug-likeness (QED) is 0.0114. The first-order chi connectivity index (χ1) is 56.0. The highest BCUT2D eigenvalue weighted by Gasteiger charge is 2.58. The van der Waals surface area contributed by atoms with Gasteiger partial charge >= 0.3 is 29.8 Å². The lowest BCUT2D eigenvalue weighted by atomic mass is 9.72. The first-order valence-corrected chi connectivity index (χ1v) is 40.1. The van der Waals surface area contributed by atoms with Crippen molar-refractivity contribution in [3.05, 3.63) is 36.5 Å². The second kappa shape index (κ2) is 42.3. The molecule has 5 saturated carbocycles. The molecule has 11 aliphatic rings. The molecule has 672 valence electrons. The number of fused-ring (bicyclic) bond motifs is 1. The van der Waals surface area contributed by atoms with Crippen LogP contribution in [0.3, 0.4) is 0 Å². The van der Waals surface area contributed by atoms with E-state index in [1.54, 1.807) is 0 Å². The zero-order chi connectivity index (χ0) is 85.4. The van der Waals surface area contributed by atoms with Crippen molar-refractivity contribution in [2.24, 2.45) is 29.6 Å². The molecule has 6 heterocycles. The number of carboxylic acids is 1. The topological polar surface area (TPSA) is 693 Å². The van der Waals surface area contributed by atoms with Gasteiger partial charge in [-0.2, -0.15) is 0 Å². The van der Waals surface area contributed by atoms with Crippen molar-refractivity contribution in [1.29, 1.82) is 0 Å². The standard InChI is InChI=1S/C75H114O43/c76-23-45-55(89)60(94)66(100)72(114-45)110-40-10-2-29(16-38(40)81)5-13-52(86)105-25-47-57(91)62(96)67(101)73(116-47)111-41-11-3-30(17-39(41)82)6-14-53(87)106-26-48-58(92)63(97)68(102)74(117-48)112-43-18-31(7-9-35(43)78)70-44(113-75-69(103)64(98)59(93)49(118-75)27-107-54(88)22-50(83)84)21-33-36(79)19-32(20-42(33)109-70)108-71-65(99)61(95)56(90)46(115-71)24-104-51(85)12-4-28-1-8-34(77)37(80)15-28/h4-6,12-14,28-49,55-82,89-103H,1-3,7-11,15-27H2,(H,83,84)/p+1. The lowest BCUT2D eigenvalue weighted by molar-refractivity contribution is -0.364. The summed E-state index contributed by atoms with van der Waals surface area (Å²) in [6.07, 6.45) is -49.2. The Hall–Kier alpha value is -4.75. The third-order valence-corrected chi connectivity index (χ3v) is 24.4. The van der Waals surface area contributed by atoms with Gasteiger partial charge in [-0.05, 0) is 101 Å². The van der Waals surface area contributed by atoms with Gasteiger partial charge in [-0.15, -0.1) is 0 Å². The number of esters is 4. The molecule has 118 heavy (non-hydrogen) atoms. The van der Waals surface area contributed by atoms with E-state index in [9.17, 15) is 136 Å². The molecule has 0 radical (unpaired) electrons. The van der Waals surface area contributed by atoms with Gasteiger partial charge in [0, 0.05) is 37.0 Å². The number of hydrogen-bond acceptors (Lipinski definition) is 41. The van der Waals surface area contributed by atoms with Gasteiger partial charge in [-0.25, -0.2) is 14.4 Å². The van der Waals surface area contributed by atoms with Gasteiger partial charge in [0.05, 0.1) is 73.6 Å². The van der Waals surface area contributed by atoms with Crippen LogP contribution in [0, 0.1) is 29.6 Å². The van der Waals surface area contributed by atoms with Gasteiger partial charge in [0.2, 0.25) is 0 Å². The minimum atomic E-state index is -2.00. The van der Waals surface area contributed by atoms with E-state index in [4.69, 9.17) is 76.2 Å². The molecule has 43 heteroatoms. The average molecular weight is 1700 g/mol. The lowest BCUT2D eigenvalue weighted by Crippen LogP contribution is -2.64. The fourth-order valence-corrected chi connectivity index (χ4v) is 17.4. The number of carbonyl (C=O) groups excluding carboxylic acids is 4. The minimum absolute atomic E-state index is 0.00868. The van der Waals surface area contributed by atoms with E-state index in [0.29, 0.717) is 19.3 Å². The van der Waals surface area contributed by atoms with E-state index >= 15 is 0 Å². The molecule has 11 rings (SSSR count). The Balaban J connectivity index is 0.669. The predicted molar refractivity (Wildman–Crippen MR) is 381 cm³/mol. The Kier molecular flexibility index (Phi) is 33.7. The molecule has 0 aromatic carbocycles. The molecule has 0 aromatic heterocycles. The maximum atomic E-state index is 13.3. The van der Waals surface area contributed by atoms with Crippen LogP contribution in [0.5, 0.6) is 0 Å². The molecule has 6 aliphatic heterocycles. The number of aliphatic carboxylic acids is 1. The zero-order valence-corrected chi connectivity index (χ0v) is 64.1. The smallest absolute Gasteiger partial charge is 0.330 e. The lowest BCUT2D eigenvalue weighted by Gasteiger charge is -2.50. The summed E-state index contributed by atoms with van der Waals surface area (Å²) in [5, 5.41) is 247. The SMILES string of the molecule is O=C(O)CC(=O)OCC1OC(OC2CC3C(O)CC(OC4OC(COC(=O)C=CC5CCC(O)C(O)C5)C(O)C(O)C4O)CC3[OH+]C2C2CCC(O)C(OC3OC(COC(=O)C=CC4CCC(OC5OC(COC(=O)C=CC6CCC(OC7OC(CO)C(O)C(O)C7O)C(O)C6)C(O)C(O)C5O)C(O)C4)C(O)C(O)C3O)C2)C(O)C(O)C1O. The molecule has 43 nitrogen and oxygen atoms in total.